The van der Waals surface area contributed by atoms with Crippen LogP contribution in [-0.2, 0) is 0 Å². The van der Waals surface area contributed by atoms with Crippen molar-refractivity contribution in [3.63, 3.8) is 0 Å². The summed E-state index contributed by atoms with van der Waals surface area (Å²) in [6.45, 7) is 0. The molecule has 0 aromatic carbocycles. The smallest absolute Gasteiger partial charge is 0.337 e. The Kier molecular flexibility index (Phi) is 3.83. The highest BCUT2D eigenvalue weighted by atomic mass is 79.9. The Morgan fingerprint density at radius 3 is 2.61 bits per heavy atom. The number of carbonyl (C=O) groups is 1. The first-order valence-corrected chi connectivity index (χ1v) is 6.45. The van der Waals surface area contributed by atoms with Crippen LogP contribution in [0.25, 0.3) is 0 Å². The van der Waals surface area contributed by atoms with E-state index in [0.29, 0.717) is 5.03 Å². The van der Waals surface area contributed by atoms with Crippen LogP contribution in [0, 0.1) is 0 Å². The molecule has 7 heteroatoms. The quantitative estimate of drug-likeness (QED) is 0.901. The zero-order chi connectivity index (χ0) is 13.1. The first-order valence-electron chi connectivity index (χ1n) is 4.84. The highest BCUT2D eigenvalue weighted by Gasteiger charge is 2.10. The van der Waals surface area contributed by atoms with Crippen LogP contribution in [0.3, 0.4) is 0 Å². The predicted octanol–water partition coefficient (Wildman–Crippen LogP) is 2.67. The number of carboxylic acids is 1. The van der Waals surface area contributed by atoms with Crippen LogP contribution in [-0.4, -0.2) is 21.0 Å². The monoisotopic (exact) mass is 325 g/mol. The number of nitrogens with two attached hydrogens (primary N) is 1. The van der Waals surface area contributed by atoms with Gasteiger partial charge in [-0.05, 0) is 34.1 Å². The highest BCUT2D eigenvalue weighted by Crippen LogP contribution is 2.27. The fourth-order valence-electron chi connectivity index (χ4n) is 1.22. The molecule has 0 bridgehead atoms. The van der Waals surface area contributed by atoms with Gasteiger partial charge >= 0.3 is 5.97 Å². The number of hydrogen-bond donors (Lipinski definition) is 2. The Bertz CT molecular complexity index is 589. The van der Waals surface area contributed by atoms with Gasteiger partial charge in [-0.25, -0.2) is 14.8 Å². The summed E-state index contributed by atoms with van der Waals surface area (Å²) < 4.78 is 0.878. The van der Waals surface area contributed by atoms with Crippen molar-refractivity contribution in [1.82, 2.24) is 9.97 Å². The van der Waals surface area contributed by atoms with Crippen molar-refractivity contribution in [3.8, 4) is 0 Å². The molecule has 0 aliphatic heterocycles. The molecule has 0 atom stereocenters. The van der Waals surface area contributed by atoms with Crippen molar-refractivity contribution >= 4 is 39.3 Å². The van der Waals surface area contributed by atoms with Gasteiger partial charge < -0.3 is 10.8 Å². The van der Waals surface area contributed by atoms with Crippen molar-refractivity contribution in [2.75, 3.05) is 5.73 Å². The van der Waals surface area contributed by atoms with Crippen molar-refractivity contribution in [2.24, 2.45) is 0 Å². The standard InChI is InChI=1S/C11H8BrN3O2S/c12-6-1-2-9(14-4-6)18-10-3-7(11(16)17)8(13)5-15-10/h1-5H,13H2,(H,16,17). The van der Waals surface area contributed by atoms with Gasteiger partial charge in [0.15, 0.2) is 0 Å². The Hall–Kier alpha value is -1.60. The first kappa shape index (κ1) is 12.8. The van der Waals surface area contributed by atoms with E-state index in [2.05, 4.69) is 25.9 Å². The third-order valence-electron chi connectivity index (χ3n) is 2.05. The van der Waals surface area contributed by atoms with Gasteiger partial charge in [0.25, 0.3) is 0 Å². The topological polar surface area (TPSA) is 89.1 Å². The van der Waals surface area contributed by atoms with E-state index in [4.69, 9.17) is 10.8 Å². The molecule has 0 aliphatic carbocycles. The van der Waals surface area contributed by atoms with E-state index in [1.807, 2.05) is 12.1 Å². The summed E-state index contributed by atoms with van der Waals surface area (Å²) in [5, 5.41) is 10.2. The number of anilines is 1. The van der Waals surface area contributed by atoms with E-state index >= 15 is 0 Å². The lowest BCUT2D eigenvalue weighted by atomic mass is 10.2. The van der Waals surface area contributed by atoms with Gasteiger partial charge in [0, 0.05) is 10.7 Å². The largest absolute Gasteiger partial charge is 0.478 e. The molecule has 0 amide bonds. The highest BCUT2D eigenvalue weighted by molar-refractivity contribution is 9.10. The maximum absolute atomic E-state index is 10.9. The molecule has 0 unspecified atom stereocenters. The Morgan fingerprint density at radius 1 is 1.28 bits per heavy atom. The Morgan fingerprint density at radius 2 is 2.00 bits per heavy atom. The van der Waals surface area contributed by atoms with E-state index < -0.39 is 5.97 Å². The summed E-state index contributed by atoms with van der Waals surface area (Å²) in [6.07, 6.45) is 3.00. The zero-order valence-corrected chi connectivity index (χ0v) is 11.4. The second-order valence-electron chi connectivity index (χ2n) is 3.33. The molecule has 0 fully saturated rings. The number of carboxylic acid groups (broad SMARTS) is 1. The van der Waals surface area contributed by atoms with E-state index in [1.54, 1.807) is 6.20 Å². The molecule has 92 valence electrons. The maximum atomic E-state index is 10.9. The fourth-order valence-corrected chi connectivity index (χ4v) is 2.19. The summed E-state index contributed by atoms with van der Waals surface area (Å²) in [5.74, 6) is -1.07. The van der Waals surface area contributed by atoms with Gasteiger partial charge in [0.2, 0.25) is 0 Å². The third kappa shape index (κ3) is 2.99. The molecule has 2 rings (SSSR count). The van der Waals surface area contributed by atoms with Gasteiger partial charge in [-0.2, -0.15) is 0 Å². The van der Waals surface area contributed by atoms with E-state index in [-0.39, 0.29) is 11.3 Å². The molecule has 0 radical (unpaired) electrons. The number of aromatic carboxylic acids is 1. The molecular formula is C11H8BrN3O2S. The van der Waals surface area contributed by atoms with Crippen molar-refractivity contribution in [2.45, 2.75) is 10.1 Å². The fraction of sp³-hybridized carbons (Fsp3) is 0. The van der Waals surface area contributed by atoms with E-state index in [0.717, 1.165) is 9.50 Å². The van der Waals surface area contributed by atoms with Gasteiger partial charge in [0.05, 0.1) is 17.4 Å². The van der Waals surface area contributed by atoms with Crippen LogP contribution >= 0.6 is 27.7 Å². The molecule has 2 aromatic heterocycles. The van der Waals surface area contributed by atoms with Crippen LogP contribution < -0.4 is 5.73 Å². The molecule has 0 aliphatic rings. The summed E-state index contributed by atoms with van der Waals surface area (Å²) in [5.41, 5.74) is 5.72. The number of pyridine rings is 2. The summed E-state index contributed by atoms with van der Waals surface area (Å²) in [7, 11) is 0. The SMILES string of the molecule is Nc1cnc(Sc2ccc(Br)cn2)cc1C(=O)O. The summed E-state index contributed by atoms with van der Waals surface area (Å²) >= 11 is 4.56. The van der Waals surface area contributed by atoms with Crippen LogP contribution in [0.15, 0.2) is 45.1 Å². The second-order valence-corrected chi connectivity index (χ2v) is 5.29. The average molecular weight is 326 g/mol. The van der Waals surface area contributed by atoms with Gasteiger partial charge in [-0.15, -0.1) is 0 Å². The van der Waals surface area contributed by atoms with Crippen LogP contribution in [0.4, 0.5) is 5.69 Å². The van der Waals surface area contributed by atoms with Crippen LogP contribution in [0.5, 0.6) is 0 Å². The number of hydrogen-bond acceptors (Lipinski definition) is 5. The molecule has 0 spiro atoms. The predicted molar refractivity (Wildman–Crippen MR) is 71.7 cm³/mol. The molecule has 18 heavy (non-hydrogen) atoms. The number of rotatable bonds is 3. The van der Waals surface area contributed by atoms with E-state index in [1.165, 1.54) is 24.0 Å². The lowest BCUT2D eigenvalue weighted by Crippen LogP contribution is -2.03. The minimum absolute atomic E-state index is 0.0459. The Labute approximate surface area is 116 Å². The average Bonchev–Trinajstić information content (AvgIpc) is 2.34. The van der Waals surface area contributed by atoms with Crippen LogP contribution in [0.1, 0.15) is 10.4 Å². The molecule has 5 nitrogen and oxygen atoms in total. The van der Waals surface area contributed by atoms with Crippen LogP contribution in [0.2, 0.25) is 0 Å². The molecule has 2 heterocycles. The maximum Gasteiger partial charge on any atom is 0.337 e. The summed E-state index contributed by atoms with van der Waals surface area (Å²) in [6, 6.07) is 5.10. The minimum Gasteiger partial charge on any atom is -0.478 e. The number of nitrogen functional groups attached to an aromatic ring is 1. The molecule has 0 saturated heterocycles. The Balaban J connectivity index is 2.27. The van der Waals surface area contributed by atoms with E-state index in [9.17, 15) is 4.79 Å². The van der Waals surface area contributed by atoms with Crippen molar-refractivity contribution in [1.29, 1.82) is 0 Å². The van der Waals surface area contributed by atoms with Crippen molar-refractivity contribution in [3.05, 3.63) is 40.6 Å². The van der Waals surface area contributed by atoms with Gasteiger partial charge in [-0.3, -0.25) is 0 Å². The van der Waals surface area contributed by atoms with Gasteiger partial charge in [-0.1, -0.05) is 11.8 Å². The number of nitrogens with zero attached hydrogens (tertiary/aromatic N) is 2. The zero-order valence-electron chi connectivity index (χ0n) is 9.00. The lowest BCUT2D eigenvalue weighted by molar-refractivity contribution is 0.0697. The number of halogens is 1. The lowest BCUT2D eigenvalue weighted by Gasteiger charge is -2.04. The van der Waals surface area contributed by atoms with Gasteiger partial charge in [0.1, 0.15) is 10.1 Å². The molecule has 3 N–H and O–H groups in total. The molecule has 2 aromatic rings. The normalized spacial score (nSPS) is 10.3. The molecule has 0 saturated carbocycles. The van der Waals surface area contributed by atoms with Crippen molar-refractivity contribution < 1.29 is 9.90 Å². The number of aromatic nitrogens is 2. The summed E-state index contributed by atoms with van der Waals surface area (Å²) in [4.78, 5) is 19.2. The first-order chi connectivity index (χ1) is 8.56. The second kappa shape index (κ2) is 5.36. The third-order valence-corrected chi connectivity index (χ3v) is 3.40. The minimum atomic E-state index is -1.07. The molecular weight excluding hydrogens is 318 g/mol.